The van der Waals surface area contributed by atoms with E-state index in [4.69, 9.17) is 4.74 Å². The van der Waals surface area contributed by atoms with E-state index in [0.717, 1.165) is 11.1 Å². The molecule has 2 heterocycles. The highest BCUT2D eigenvalue weighted by Gasteiger charge is 2.38. The summed E-state index contributed by atoms with van der Waals surface area (Å²) >= 11 is 0. The molecule has 3 rings (SSSR count). The SMILES string of the molecule is O=C(Cc1ccncc1)N1CCOC(CO)(Cc2ccccc2)C1. The zero-order valence-corrected chi connectivity index (χ0v) is 13.6. The van der Waals surface area contributed by atoms with Crippen LogP contribution >= 0.6 is 0 Å². The van der Waals surface area contributed by atoms with Gasteiger partial charge in [-0.2, -0.15) is 0 Å². The topological polar surface area (TPSA) is 62.7 Å². The summed E-state index contributed by atoms with van der Waals surface area (Å²) in [5, 5.41) is 9.92. The van der Waals surface area contributed by atoms with E-state index in [0.29, 0.717) is 32.5 Å². The van der Waals surface area contributed by atoms with Crippen LogP contribution in [0.3, 0.4) is 0 Å². The number of benzene rings is 1. The van der Waals surface area contributed by atoms with Crippen molar-refractivity contribution >= 4 is 5.91 Å². The van der Waals surface area contributed by atoms with Crippen molar-refractivity contribution in [3.05, 3.63) is 66.0 Å². The minimum absolute atomic E-state index is 0.0513. The summed E-state index contributed by atoms with van der Waals surface area (Å²) in [6.07, 6.45) is 4.31. The molecule has 1 N–H and O–H groups in total. The molecule has 126 valence electrons. The van der Waals surface area contributed by atoms with Crippen LogP contribution < -0.4 is 0 Å². The van der Waals surface area contributed by atoms with E-state index in [1.54, 1.807) is 17.3 Å². The first-order valence-electron chi connectivity index (χ1n) is 8.16. The van der Waals surface area contributed by atoms with Gasteiger partial charge in [-0.15, -0.1) is 0 Å². The second kappa shape index (κ2) is 7.55. The van der Waals surface area contributed by atoms with Crippen LogP contribution in [0.1, 0.15) is 11.1 Å². The Morgan fingerprint density at radius 1 is 1.17 bits per heavy atom. The van der Waals surface area contributed by atoms with Gasteiger partial charge in [0.1, 0.15) is 5.60 Å². The number of aliphatic hydroxyl groups is 1. The molecule has 1 aromatic carbocycles. The van der Waals surface area contributed by atoms with Crippen molar-refractivity contribution in [1.82, 2.24) is 9.88 Å². The number of rotatable bonds is 5. The van der Waals surface area contributed by atoms with Gasteiger partial charge in [0.25, 0.3) is 0 Å². The van der Waals surface area contributed by atoms with E-state index in [-0.39, 0.29) is 12.5 Å². The molecule has 5 nitrogen and oxygen atoms in total. The maximum absolute atomic E-state index is 12.6. The fraction of sp³-hybridized carbons (Fsp3) is 0.368. The van der Waals surface area contributed by atoms with Crippen LogP contribution in [0.15, 0.2) is 54.9 Å². The van der Waals surface area contributed by atoms with Gasteiger partial charge in [-0.25, -0.2) is 0 Å². The van der Waals surface area contributed by atoms with Crippen LogP contribution in [-0.4, -0.2) is 52.8 Å². The van der Waals surface area contributed by atoms with Gasteiger partial charge < -0.3 is 14.7 Å². The molecule has 1 aliphatic heterocycles. The Morgan fingerprint density at radius 2 is 1.92 bits per heavy atom. The number of nitrogens with zero attached hydrogens (tertiary/aromatic N) is 2. The van der Waals surface area contributed by atoms with Gasteiger partial charge in [-0.3, -0.25) is 9.78 Å². The summed E-state index contributed by atoms with van der Waals surface area (Å²) in [6.45, 7) is 1.29. The predicted octanol–water partition coefficient (Wildman–Crippen LogP) is 1.46. The molecule has 0 aliphatic carbocycles. The van der Waals surface area contributed by atoms with E-state index in [1.165, 1.54) is 0 Å². The number of morpholine rings is 1. The molecule has 1 saturated heterocycles. The fourth-order valence-corrected chi connectivity index (χ4v) is 3.07. The summed E-state index contributed by atoms with van der Waals surface area (Å²) < 4.78 is 5.90. The molecule has 1 unspecified atom stereocenters. The number of carbonyl (C=O) groups is 1. The van der Waals surface area contributed by atoms with Crippen LogP contribution in [0, 0.1) is 0 Å². The van der Waals surface area contributed by atoms with Crippen molar-refractivity contribution in [2.24, 2.45) is 0 Å². The highest BCUT2D eigenvalue weighted by Crippen LogP contribution is 2.23. The Bertz CT molecular complexity index is 663. The highest BCUT2D eigenvalue weighted by molar-refractivity contribution is 5.79. The first-order chi connectivity index (χ1) is 11.7. The normalized spacial score (nSPS) is 20.8. The minimum atomic E-state index is -0.729. The highest BCUT2D eigenvalue weighted by atomic mass is 16.5. The van der Waals surface area contributed by atoms with Crippen LogP contribution in [-0.2, 0) is 22.4 Å². The lowest BCUT2D eigenvalue weighted by Gasteiger charge is -2.42. The third-order valence-electron chi connectivity index (χ3n) is 4.36. The molecule has 2 aromatic rings. The second-order valence-corrected chi connectivity index (χ2v) is 6.20. The maximum atomic E-state index is 12.6. The lowest BCUT2D eigenvalue weighted by Crippen LogP contribution is -2.57. The number of amides is 1. The summed E-state index contributed by atoms with van der Waals surface area (Å²) in [4.78, 5) is 18.4. The van der Waals surface area contributed by atoms with Crippen LogP contribution in [0.5, 0.6) is 0 Å². The number of aromatic nitrogens is 1. The third kappa shape index (κ3) is 3.99. The summed E-state index contributed by atoms with van der Waals surface area (Å²) in [5.74, 6) is 0.0513. The number of hydrogen-bond donors (Lipinski definition) is 1. The standard InChI is InChI=1S/C19H22N2O3/c22-15-19(13-17-4-2-1-3-5-17)14-21(10-11-24-19)18(23)12-16-6-8-20-9-7-16/h1-9,22H,10-15H2. The Labute approximate surface area is 141 Å². The third-order valence-corrected chi connectivity index (χ3v) is 4.36. The quantitative estimate of drug-likeness (QED) is 0.903. The Kier molecular flexibility index (Phi) is 5.23. The van der Waals surface area contributed by atoms with Gasteiger partial charge in [0.2, 0.25) is 5.91 Å². The van der Waals surface area contributed by atoms with Gasteiger partial charge in [-0.1, -0.05) is 30.3 Å². The molecule has 0 spiro atoms. The van der Waals surface area contributed by atoms with Crippen LogP contribution in [0.25, 0.3) is 0 Å². The summed E-state index contributed by atoms with van der Waals surface area (Å²) in [6, 6.07) is 13.6. The minimum Gasteiger partial charge on any atom is -0.393 e. The largest absolute Gasteiger partial charge is 0.393 e. The van der Waals surface area contributed by atoms with Gasteiger partial charge in [0.05, 0.1) is 26.2 Å². The lowest BCUT2D eigenvalue weighted by atomic mass is 9.93. The Balaban J connectivity index is 1.68. The number of carbonyl (C=O) groups excluding carboxylic acids is 1. The van der Waals surface area contributed by atoms with Crippen LogP contribution in [0.2, 0.25) is 0 Å². The van der Waals surface area contributed by atoms with E-state index in [2.05, 4.69) is 4.98 Å². The number of hydrogen-bond acceptors (Lipinski definition) is 4. The van der Waals surface area contributed by atoms with Crippen molar-refractivity contribution in [3.63, 3.8) is 0 Å². The molecule has 1 aromatic heterocycles. The second-order valence-electron chi connectivity index (χ2n) is 6.20. The fourth-order valence-electron chi connectivity index (χ4n) is 3.07. The zero-order chi connectivity index (χ0) is 16.8. The first kappa shape index (κ1) is 16.6. The van der Waals surface area contributed by atoms with E-state index < -0.39 is 5.60 Å². The molecular weight excluding hydrogens is 304 g/mol. The van der Waals surface area contributed by atoms with Crippen molar-refractivity contribution in [2.75, 3.05) is 26.3 Å². The average molecular weight is 326 g/mol. The molecule has 0 radical (unpaired) electrons. The van der Waals surface area contributed by atoms with Crippen molar-refractivity contribution in [3.8, 4) is 0 Å². The number of ether oxygens (including phenoxy) is 1. The monoisotopic (exact) mass is 326 g/mol. The van der Waals surface area contributed by atoms with Gasteiger partial charge in [-0.05, 0) is 23.3 Å². The smallest absolute Gasteiger partial charge is 0.227 e. The summed E-state index contributed by atoms with van der Waals surface area (Å²) in [7, 11) is 0. The van der Waals surface area contributed by atoms with Crippen molar-refractivity contribution in [2.45, 2.75) is 18.4 Å². The van der Waals surface area contributed by atoms with Crippen molar-refractivity contribution in [1.29, 1.82) is 0 Å². The molecule has 0 saturated carbocycles. The average Bonchev–Trinajstić information content (AvgIpc) is 2.63. The van der Waals surface area contributed by atoms with E-state index in [9.17, 15) is 9.90 Å². The Morgan fingerprint density at radius 3 is 2.62 bits per heavy atom. The molecule has 1 amide bonds. The zero-order valence-electron chi connectivity index (χ0n) is 13.6. The Hall–Kier alpha value is -2.24. The van der Waals surface area contributed by atoms with Gasteiger partial charge >= 0.3 is 0 Å². The van der Waals surface area contributed by atoms with Crippen LogP contribution in [0.4, 0.5) is 0 Å². The van der Waals surface area contributed by atoms with Gasteiger partial charge in [0.15, 0.2) is 0 Å². The molecule has 5 heteroatoms. The molecule has 1 atom stereocenters. The number of aliphatic hydroxyl groups excluding tert-OH is 1. The van der Waals surface area contributed by atoms with E-state index >= 15 is 0 Å². The molecule has 1 fully saturated rings. The van der Waals surface area contributed by atoms with Crippen molar-refractivity contribution < 1.29 is 14.6 Å². The summed E-state index contributed by atoms with van der Waals surface area (Å²) in [5.41, 5.74) is 1.31. The molecule has 24 heavy (non-hydrogen) atoms. The first-order valence-corrected chi connectivity index (χ1v) is 8.16. The molecular formula is C19H22N2O3. The number of pyridine rings is 1. The van der Waals surface area contributed by atoms with E-state index in [1.807, 2.05) is 42.5 Å². The lowest BCUT2D eigenvalue weighted by molar-refractivity contribution is -0.157. The predicted molar refractivity (Wildman–Crippen MR) is 90.4 cm³/mol. The molecule has 1 aliphatic rings. The van der Waals surface area contributed by atoms with Gasteiger partial charge in [0, 0.05) is 25.4 Å². The molecule has 0 bridgehead atoms. The maximum Gasteiger partial charge on any atom is 0.227 e.